The molecule has 4 nitrogen and oxygen atoms in total. The molecule has 0 saturated carbocycles. The lowest BCUT2D eigenvalue weighted by Gasteiger charge is -2.36. The minimum absolute atomic E-state index is 0.362. The van der Waals surface area contributed by atoms with Crippen molar-refractivity contribution in [3.8, 4) is 11.3 Å². The quantitative estimate of drug-likeness (QED) is 0.533. The lowest BCUT2D eigenvalue weighted by molar-refractivity contribution is -0.118. The average molecular weight is 349 g/mol. The molecule has 3 aromatic rings. The van der Waals surface area contributed by atoms with Gasteiger partial charge in [0, 0.05) is 42.8 Å². The Bertz CT molecular complexity index is 905. The van der Waals surface area contributed by atoms with Gasteiger partial charge in [-0.3, -0.25) is 9.69 Å². The molecule has 1 fully saturated rings. The summed E-state index contributed by atoms with van der Waals surface area (Å²) < 4.78 is 13.4. The van der Waals surface area contributed by atoms with Crippen molar-refractivity contribution in [3.05, 3.63) is 60.7 Å². The number of pyridine rings is 1. The SMILES string of the molecule is O=CC(F)N1CCN(c2ccc(-c3ccc4ccccc4n3)cc2)CC1. The molecule has 2 heterocycles. The summed E-state index contributed by atoms with van der Waals surface area (Å²) in [4.78, 5) is 19.1. The highest BCUT2D eigenvalue weighted by Crippen LogP contribution is 2.24. The lowest BCUT2D eigenvalue weighted by Crippen LogP contribution is -2.49. The summed E-state index contributed by atoms with van der Waals surface area (Å²) in [6, 6.07) is 20.5. The van der Waals surface area contributed by atoms with Crippen molar-refractivity contribution in [1.29, 1.82) is 0 Å². The van der Waals surface area contributed by atoms with E-state index in [-0.39, 0.29) is 0 Å². The van der Waals surface area contributed by atoms with E-state index >= 15 is 0 Å². The molecule has 1 aliphatic rings. The Balaban J connectivity index is 1.49. The van der Waals surface area contributed by atoms with Gasteiger partial charge >= 0.3 is 0 Å². The van der Waals surface area contributed by atoms with Crippen LogP contribution in [0.2, 0.25) is 0 Å². The average Bonchev–Trinajstić information content (AvgIpc) is 2.73. The molecule has 0 N–H and O–H groups in total. The van der Waals surface area contributed by atoms with Crippen LogP contribution < -0.4 is 4.90 Å². The minimum atomic E-state index is -1.49. The Labute approximate surface area is 151 Å². The maximum atomic E-state index is 13.4. The third-order valence-electron chi connectivity index (χ3n) is 4.90. The van der Waals surface area contributed by atoms with E-state index in [2.05, 4.69) is 41.3 Å². The summed E-state index contributed by atoms with van der Waals surface area (Å²) in [5.41, 5.74) is 4.12. The number of carbonyl (C=O) groups excluding carboxylic acids is 1. The molecule has 2 aromatic carbocycles. The van der Waals surface area contributed by atoms with Gasteiger partial charge in [-0.05, 0) is 24.3 Å². The third-order valence-corrected chi connectivity index (χ3v) is 4.90. The van der Waals surface area contributed by atoms with E-state index in [0.717, 1.165) is 27.8 Å². The van der Waals surface area contributed by atoms with Crippen molar-refractivity contribution in [2.45, 2.75) is 6.30 Å². The summed E-state index contributed by atoms with van der Waals surface area (Å²) in [6.45, 7) is 2.52. The number of para-hydroxylation sites is 1. The van der Waals surface area contributed by atoms with Crippen LogP contribution in [0.3, 0.4) is 0 Å². The maximum Gasteiger partial charge on any atom is 0.209 e. The van der Waals surface area contributed by atoms with Crippen LogP contribution in [-0.2, 0) is 4.79 Å². The fourth-order valence-electron chi connectivity index (χ4n) is 3.38. The zero-order valence-corrected chi connectivity index (χ0v) is 14.4. The van der Waals surface area contributed by atoms with Crippen LogP contribution in [0.25, 0.3) is 22.2 Å². The van der Waals surface area contributed by atoms with Gasteiger partial charge in [0.2, 0.25) is 6.30 Å². The summed E-state index contributed by atoms with van der Waals surface area (Å²) in [6.07, 6.45) is -1.13. The number of carbonyl (C=O) groups is 1. The van der Waals surface area contributed by atoms with Crippen molar-refractivity contribution >= 4 is 22.9 Å². The minimum Gasteiger partial charge on any atom is -0.369 e. The molecule has 1 unspecified atom stereocenters. The highest BCUT2D eigenvalue weighted by molar-refractivity contribution is 5.81. The van der Waals surface area contributed by atoms with Gasteiger partial charge in [-0.1, -0.05) is 36.4 Å². The number of halogens is 1. The van der Waals surface area contributed by atoms with E-state index in [4.69, 9.17) is 4.98 Å². The second-order valence-electron chi connectivity index (χ2n) is 6.47. The molecule has 26 heavy (non-hydrogen) atoms. The van der Waals surface area contributed by atoms with Crippen LogP contribution in [0, 0.1) is 0 Å². The van der Waals surface area contributed by atoms with Crippen LogP contribution in [-0.4, -0.2) is 48.6 Å². The van der Waals surface area contributed by atoms with Gasteiger partial charge in [0.1, 0.15) is 0 Å². The molecule has 1 saturated heterocycles. The molecular weight excluding hydrogens is 329 g/mol. The fraction of sp³-hybridized carbons (Fsp3) is 0.238. The summed E-state index contributed by atoms with van der Waals surface area (Å²) in [7, 11) is 0. The van der Waals surface area contributed by atoms with Gasteiger partial charge in [-0.15, -0.1) is 0 Å². The van der Waals surface area contributed by atoms with Crippen molar-refractivity contribution in [2.75, 3.05) is 31.1 Å². The molecular formula is C21H20FN3O. The number of rotatable bonds is 4. The van der Waals surface area contributed by atoms with Crippen LogP contribution >= 0.6 is 0 Å². The summed E-state index contributed by atoms with van der Waals surface area (Å²) in [5.74, 6) is 0. The number of anilines is 1. The highest BCUT2D eigenvalue weighted by atomic mass is 19.1. The van der Waals surface area contributed by atoms with Gasteiger partial charge in [0.15, 0.2) is 6.29 Å². The van der Waals surface area contributed by atoms with E-state index in [0.29, 0.717) is 32.5 Å². The molecule has 1 atom stereocenters. The molecule has 4 rings (SSSR count). The van der Waals surface area contributed by atoms with Crippen LogP contribution in [0.5, 0.6) is 0 Å². The Kier molecular flexibility index (Phi) is 4.63. The number of alkyl halides is 1. The number of fused-ring (bicyclic) bond motifs is 1. The molecule has 1 aliphatic heterocycles. The van der Waals surface area contributed by atoms with Crippen LogP contribution in [0.4, 0.5) is 10.1 Å². The highest BCUT2D eigenvalue weighted by Gasteiger charge is 2.23. The molecule has 0 amide bonds. The first-order valence-electron chi connectivity index (χ1n) is 8.79. The van der Waals surface area contributed by atoms with Crippen LogP contribution in [0.1, 0.15) is 0 Å². The number of nitrogens with zero attached hydrogens (tertiary/aromatic N) is 3. The topological polar surface area (TPSA) is 36.4 Å². The molecule has 0 aliphatic carbocycles. The second-order valence-corrected chi connectivity index (χ2v) is 6.47. The van der Waals surface area contributed by atoms with E-state index in [1.54, 1.807) is 4.90 Å². The Morgan fingerprint density at radius 3 is 2.38 bits per heavy atom. The number of hydrogen-bond acceptors (Lipinski definition) is 4. The smallest absolute Gasteiger partial charge is 0.209 e. The Morgan fingerprint density at radius 2 is 1.65 bits per heavy atom. The number of benzene rings is 2. The first-order chi connectivity index (χ1) is 12.7. The first kappa shape index (κ1) is 16.7. The standard InChI is InChI=1S/C21H20FN3O/c22-21(15-26)25-13-11-24(12-14-25)18-8-5-17(6-9-18)20-10-7-16-3-1-2-4-19(16)23-20/h1-10,15,21H,11-14H2. The number of hydrogen-bond donors (Lipinski definition) is 0. The van der Waals surface area contributed by atoms with Crippen molar-refractivity contribution in [3.63, 3.8) is 0 Å². The molecule has 0 radical (unpaired) electrons. The van der Waals surface area contributed by atoms with Crippen LogP contribution in [0.15, 0.2) is 60.7 Å². The molecule has 0 spiro atoms. The van der Waals surface area contributed by atoms with Crippen molar-refractivity contribution in [2.24, 2.45) is 0 Å². The number of piperazine rings is 1. The molecule has 1 aromatic heterocycles. The zero-order chi connectivity index (χ0) is 17.9. The third kappa shape index (κ3) is 3.30. The lowest BCUT2D eigenvalue weighted by atomic mass is 10.1. The van der Waals surface area contributed by atoms with E-state index in [1.165, 1.54) is 0 Å². The predicted molar refractivity (Wildman–Crippen MR) is 102 cm³/mol. The fourth-order valence-corrected chi connectivity index (χ4v) is 3.38. The van der Waals surface area contributed by atoms with Crippen molar-refractivity contribution in [1.82, 2.24) is 9.88 Å². The largest absolute Gasteiger partial charge is 0.369 e. The molecule has 132 valence electrons. The molecule has 5 heteroatoms. The first-order valence-corrected chi connectivity index (χ1v) is 8.79. The van der Waals surface area contributed by atoms with E-state index < -0.39 is 6.30 Å². The molecule has 0 bridgehead atoms. The second kappa shape index (κ2) is 7.22. The Morgan fingerprint density at radius 1 is 0.923 bits per heavy atom. The van der Waals surface area contributed by atoms with Gasteiger partial charge in [-0.2, -0.15) is 0 Å². The normalized spacial score (nSPS) is 16.6. The zero-order valence-electron chi connectivity index (χ0n) is 14.4. The number of aldehydes is 1. The van der Waals surface area contributed by atoms with Gasteiger partial charge in [0.25, 0.3) is 0 Å². The van der Waals surface area contributed by atoms with Gasteiger partial charge < -0.3 is 4.90 Å². The maximum absolute atomic E-state index is 13.4. The summed E-state index contributed by atoms with van der Waals surface area (Å²) in [5, 5.41) is 1.13. The number of aromatic nitrogens is 1. The van der Waals surface area contributed by atoms with Crippen molar-refractivity contribution < 1.29 is 9.18 Å². The van der Waals surface area contributed by atoms with E-state index in [9.17, 15) is 9.18 Å². The van der Waals surface area contributed by atoms with Gasteiger partial charge in [-0.25, -0.2) is 9.37 Å². The van der Waals surface area contributed by atoms with E-state index in [1.807, 2.05) is 24.3 Å². The Hall–Kier alpha value is -2.79. The summed E-state index contributed by atoms with van der Waals surface area (Å²) >= 11 is 0. The predicted octanol–water partition coefficient (Wildman–Crippen LogP) is 3.52. The van der Waals surface area contributed by atoms with Gasteiger partial charge in [0.05, 0.1) is 11.2 Å². The monoisotopic (exact) mass is 349 g/mol.